The minimum absolute atomic E-state index is 0.324. The van der Waals surface area contributed by atoms with Gasteiger partial charge in [-0.15, -0.1) is 0 Å². The molecule has 0 heterocycles. The Morgan fingerprint density at radius 2 is 2.33 bits per heavy atom. The first kappa shape index (κ1) is 8.31. The fraction of sp³-hybridized carbons (Fsp3) is 0.818. The average Bonchev–Trinajstić information content (AvgIpc) is 2.60. The second kappa shape index (κ2) is 2.88. The van der Waals surface area contributed by atoms with Crippen molar-refractivity contribution >= 4 is 0 Å². The molecule has 0 aliphatic heterocycles. The van der Waals surface area contributed by atoms with E-state index in [1.165, 1.54) is 19.3 Å². The van der Waals surface area contributed by atoms with Crippen LogP contribution in [0.5, 0.6) is 0 Å². The van der Waals surface area contributed by atoms with E-state index in [2.05, 4.69) is 19.1 Å². The maximum Gasteiger partial charge on any atom is 0.0715 e. The van der Waals surface area contributed by atoms with Crippen LogP contribution >= 0.6 is 0 Å². The largest absolute Gasteiger partial charge is 0.389 e. The van der Waals surface area contributed by atoms with E-state index < -0.39 is 0 Å². The second-order valence-corrected chi connectivity index (χ2v) is 4.40. The Hall–Kier alpha value is -0.300. The fourth-order valence-electron chi connectivity index (χ4n) is 2.70. The summed E-state index contributed by atoms with van der Waals surface area (Å²) in [6.07, 6.45) is 10.1. The Labute approximate surface area is 74.5 Å². The maximum atomic E-state index is 10.3. The van der Waals surface area contributed by atoms with Crippen LogP contribution in [-0.4, -0.2) is 10.7 Å². The molecule has 2 aliphatic carbocycles. The molecule has 2 aliphatic rings. The fourth-order valence-corrected chi connectivity index (χ4v) is 2.70. The average molecular weight is 166 g/mol. The molecular formula is C11H18O. The van der Waals surface area contributed by atoms with E-state index >= 15 is 0 Å². The summed E-state index contributed by atoms with van der Waals surface area (Å²) in [6, 6.07) is 0. The third-order valence-electron chi connectivity index (χ3n) is 3.44. The van der Waals surface area contributed by atoms with Gasteiger partial charge in [0.05, 0.1) is 5.60 Å². The minimum atomic E-state index is -0.324. The van der Waals surface area contributed by atoms with Gasteiger partial charge in [-0.3, -0.25) is 0 Å². The molecule has 1 nitrogen and oxygen atoms in total. The first-order valence-corrected chi connectivity index (χ1v) is 5.15. The van der Waals surface area contributed by atoms with Gasteiger partial charge in [0.1, 0.15) is 0 Å². The van der Waals surface area contributed by atoms with Crippen molar-refractivity contribution in [2.75, 3.05) is 0 Å². The monoisotopic (exact) mass is 166 g/mol. The molecule has 12 heavy (non-hydrogen) atoms. The van der Waals surface area contributed by atoms with Crippen LogP contribution in [0.4, 0.5) is 0 Å². The molecule has 2 bridgehead atoms. The highest BCUT2D eigenvalue weighted by molar-refractivity contribution is 5.16. The lowest BCUT2D eigenvalue weighted by Crippen LogP contribution is -2.33. The van der Waals surface area contributed by atoms with Gasteiger partial charge < -0.3 is 5.11 Å². The van der Waals surface area contributed by atoms with E-state index in [-0.39, 0.29) is 5.60 Å². The van der Waals surface area contributed by atoms with Crippen LogP contribution < -0.4 is 0 Å². The molecule has 0 radical (unpaired) electrons. The molecule has 3 atom stereocenters. The van der Waals surface area contributed by atoms with E-state index in [0.717, 1.165) is 12.8 Å². The zero-order valence-corrected chi connectivity index (χ0v) is 7.79. The molecule has 1 N–H and O–H groups in total. The SMILES string of the molecule is CCCC[C@]1(O)C[C@H]2C=C[C@@H]1C2. The molecule has 0 unspecified atom stereocenters. The summed E-state index contributed by atoms with van der Waals surface area (Å²) >= 11 is 0. The number of unbranched alkanes of at least 4 members (excludes halogenated alkanes) is 1. The van der Waals surface area contributed by atoms with Gasteiger partial charge in [-0.2, -0.15) is 0 Å². The quantitative estimate of drug-likeness (QED) is 0.639. The molecule has 0 aromatic heterocycles. The van der Waals surface area contributed by atoms with Gasteiger partial charge in [-0.25, -0.2) is 0 Å². The summed E-state index contributed by atoms with van der Waals surface area (Å²) in [4.78, 5) is 0. The molecule has 1 heteroatoms. The predicted octanol–water partition coefficient (Wildman–Crippen LogP) is 2.50. The van der Waals surface area contributed by atoms with Crippen LogP contribution in [0.1, 0.15) is 39.0 Å². The summed E-state index contributed by atoms with van der Waals surface area (Å²) < 4.78 is 0. The van der Waals surface area contributed by atoms with E-state index in [9.17, 15) is 5.11 Å². The molecule has 1 fully saturated rings. The molecule has 1 saturated carbocycles. The normalized spacial score (nSPS) is 44.2. The van der Waals surface area contributed by atoms with Gasteiger partial charge in [0, 0.05) is 5.92 Å². The van der Waals surface area contributed by atoms with Crippen molar-refractivity contribution in [2.24, 2.45) is 11.8 Å². The van der Waals surface area contributed by atoms with E-state index in [4.69, 9.17) is 0 Å². The molecule has 0 aromatic rings. The van der Waals surface area contributed by atoms with Crippen LogP contribution in [0.15, 0.2) is 12.2 Å². The number of aliphatic hydroxyl groups is 1. The standard InChI is InChI=1S/C11H18O/c1-2-3-6-11(12)8-9-4-5-10(11)7-9/h4-5,9-10,12H,2-3,6-8H2,1H3/t9-,10+,11-/m0/s1. The summed E-state index contributed by atoms with van der Waals surface area (Å²) in [5.74, 6) is 1.17. The summed E-state index contributed by atoms with van der Waals surface area (Å²) in [6.45, 7) is 2.19. The molecule has 0 aromatic carbocycles. The maximum absolute atomic E-state index is 10.3. The second-order valence-electron chi connectivity index (χ2n) is 4.40. The minimum Gasteiger partial charge on any atom is -0.389 e. The first-order chi connectivity index (χ1) is 5.74. The van der Waals surface area contributed by atoms with Crippen LogP contribution in [0.25, 0.3) is 0 Å². The van der Waals surface area contributed by atoms with Gasteiger partial charge >= 0.3 is 0 Å². The molecule has 0 spiro atoms. The van der Waals surface area contributed by atoms with Crippen LogP contribution in [0, 0.1) is 11.8 Å². The molecule has 0 saturated heterocycles. The molecule has 2 rings (SSSR count). The lowest BCUT2D eigenvalue weighted by atomic mass is 9.84. The van der Waals surface area contributed by atoms with E-state index in [0.29, 0.717) is 11.8 Å². The van der Waals surface area contributed by atoms with Gasteiger partial charge in [-0.05, 0) is 25.2 Å². The Kier molecular flexibility index (Phi) is 1.99. The van der Waals surface area contributed by atoms with Crippen LogP contribution in [0.2, 0.25) is 0 Å². The molecular weight excluding hydrogens is 148 g/mol. The zero-order valence-electron chi connectivity index (χ0n) is 7.79. The number of allylic oxidation sites excluding steroid dienone is 1. The van der Waals surface area contributed by atoms with Crippen molar-refractivity contribution in [3.63, 3.8) is 0 Å². The van der Waals surface area contributed by atoms with Gasteiger partial charge in [0.2, 0.25) is 0 Å². The lowest BCUT2D eigenvalue weighted by molar-refractivity contribution is 0.00462. The Bertz CT molecular complexity index is 197. The highest BCUT2D eigenvalue weighted by atomic mass is 16.3. The topological polar surface area (TPSA) is 20.2 Å². The van der Waals surface area contributed by atoms with Crippen LogP contribution in [0.3, 0.4) is 0 Å². The third kappa shape index (κ3) is 1.20. The van der Waals surface area contributed by atoms with Crippen molar-refractivity contribution in [1.29, 1.82) is 0 Å². The zero-order chi connectivity index (χ0) is 8.60. The lowest BCUT2D eigenvalue weighted by Gasteiger charge is -2.29. The summed E-state index contributed by atoms with van der Waals surface area (Å²) in [5, 5.41) is 10.3. The molecule has 68 valence electrons. The first-order valence-electron chi connectivity index (χ1n) is 5.15. The van der Waals surface area contributed by atoms with Crippen molar-refractivity contribution in [3.8, 4) is 0 Å². The van der Waals surface area contributed by atoms with Crippen LogP contribution in [-0.2, 0) is 0 Å². The van der Waals surface area contributed by atoms with Gasteiger partial charge in [0.15, 0.2) is 0 Å². The smallest absolute Gasteiger partial charge is 0.0715 e. The number of hydrogen-bond acceptors (Lipinski definition) is 1. The highest BCUT2D eigenvalue weighted by Gasteiger charge is 2.46. The number of rotatable bonds is 3. The Balaban J connectivity index is 1.99. The van der Waals surface area contributed by atoms with Gasteiger partial charge in [0.25, 0.3) is 0 Å². The molecule has 0 amide bonds. The highest BCUT2D eigenvalue weighted by Crippen LogP contribution is 2.48. The Morgan fingerprint density at radius 3 is 2.83 bits per heavy atom. The van der Waals surface area contributed by atoms with Crippen molar-refractivity contribution in [3.05, 3.63) is 12.2 Å². The summed E-state index contributed by atoms with van der Waals surface area (Å²) in [7, 11) is 0. The van der Waals surface area contributed by atoms with Crippen molar-refractivity contribution in [2.45, 2.75) is 44.6 Å². The predicted molar refractivity (Wildman–Crippen MR) is 49.8 cm³/mol. The van der Waals surface area contributed by atoms with E-state index in [1.54, 1.807) is 0 Å². The Morgan fingerprint density at radius 1 is 1.50 bits per heavy atom. The van der Waals surface area contributed by atoms with E-state index in [1.807, 2.05) is 0 Å². The van der Waals surface area contributed by atoms with Crippen molar-refractivity contribution in [1.82, 2.24) is 0 Å². The van der Waals surface area contributed by atoms with Gasteiger partial charge in [-0.1, -0.05) is 31.9 Å². The van der Waals surface area contributed by atoms with Crippen molar-refractivity contribution < 1.29 is 5.11 Å². The summed E-state index contributed by atoms with van der Waals surface area (Å²) in [5.41, 5.74) is -0.324. The third-order valence-corrected chi connectivity index (χ3v) is 3.44. The number of fused-ring (bicyclic) bond motifs is 2. The number of hydrogen-bond donors (Lipinski definition) is 1.